The molecule has 0 spiro atoms. The Hall–Kier alpha value is -2.37. The van der Waals surface area contributed by atoms with Crippen molar-refractivity contribution in [2.75, 3.05) is 5.73 Å². The summed E-state index contributed by atoms with van der Waals surface area (Å²) < 4.78 is 24.3. The number of hydrogen-bond acceptors (Lipinski definition) is 5. The monoisotopic (exact) mass is 277 g/mol. The molecular formula is C14H16FN3O2. The Morgan fingerprint density at radius 1 is 1.20 bits per heavy atom. The van der Waals surface area contributed by atoms with Gasteiger partial charge in [0.2, 0.25) is 11.8 Å². The van der Waals surface area contributed by atoms with E-state index < -0.39 is 0 Å². The Labute approximate surface area is 116 Å². The molecule has 0 radical (unpaired) electrons. The van der Waals surface area contributed by atoms with Crippen LogP contribution in [0.5, 0.6) is 11.8 Å². The Morgan fingerprint density at radius 3 is 2.60 bits per heavy atom. The van der Waals surface area contributed by atoms with Crippen LogP contribution in [0.15, 0.2) is 30.6 Å². The summed E-state index contributed by atoms with van der Waals surface area (Å²) >= 11 is 0. The summed E-state index contributed by atoms with van der Waals surface area (Å²) in [5.74, 6) is 0.108. The summed E-state index contributed by atoms with van der Waals surface area (Å²) in [7, 11) is 0. The van der Waals surface area contributed by atoms with Gasteiger partial charge in [-0.3, -0.25) is 0 Å². The second-order valence-electron chi connectivity index (χ2n) is 4.44. The van der Waals surface area contributed by atoms with E-state index in [9.17, 15) is 4.39 Å². The molecule has 20 heavy (non-hydrogen) atoms. The van der Waals surface area contributed by atoms with Crippen molar-refractivity contribution in [3.8, 4) is 11.8 Å². The number of rotatable bonds is 5. The summed E-state index contributed by atoms with van der Waals surface area (Å²) in [6.45, 7) is 3.76. The van der Waals surface area contributed by atoms with E-state index in [4.69, 9.17) is 15.2 Å². The molecule has 0 fully saturated rings. The summed E-state index contributed by atoms with van der Waals surface area (Å²) in [4.78, 5) is 7.87. The van der Waals surface area contributed by atoms with Crippen molar-refractivity contribution in [1.82, 2.24) is 9.97 Å². The molecule has 2 aromatic rings. The van der Waals surface area contributed by atoms with Gasteiger partial charge in [-0.25, -0.2) is 4.39 Å². The number of aromatic nitrogens is 2. The van der Waals surface area contributed by atoms with Crippen LogP contribution in [-0.4, -0.2) is 16.1 Å². The lowest BCUT2D eigenvalue weighted by Gasteiger charge is -2.13. The highest BCUT2D eigenvalue weighted by Crippen LogP contribution is 2.28. The maximum absolute atomic E-state index is 13.5. The van der Waals surface area contributed by atoms with Crippen LogP contribution >= 0.6 is 0 Å². The topological polar surface area (TPSA) is 70.3 Å². The van der Waals surface area contributed by atoms with Crippen molar-refractivity contribution in [2.24, 2.45) is 0 Å². The van der Waals surface area contributed by atoms with Crippen molar-refractivity contribution in [1.29, 1.82) is 0 Å². The van der Waals surface area contributed by atoms with Crippen LogP contribution in [0.4, 0.5) is 10.1 Å². The van der Waals surface area contributed by atoms with Crippen molar-refractivity contribution >= 4 is 5.69 Å². The molecular weight excluding hydrogens is 261 g/mol. The Kier molecular flexibility index (Phi) is 4.34. The highest BCUT2D eigenvalue weighted by Gasteiger charge is 2.12. The second kappa shape index (κ2) is 6.18. The van der Waals surface area contributed by atoms with Crippen LogP contribution in [0.1, 0.15) is 19.4 Å². The van der Waals surface area contributed by atoms with Crippen molar-refractivity contribution in [2.45, 2.75) is 26.6 Å². The fourth-order valence-corrected chi connectivity index (χ4v) is 1.56. The lowest BCUT2D eigenvalue weighted by molar-refractivity contribution is 0.230. The van der Waals surface area contributed by atoms with Gasteiger partial charge in [0.05, 0.1) is 6.10 Å². The van der Waals surface area contributed by atoms with Gasteiger partial charge in [-0.05, 0) is 19.9 Å². The largest absolute Gasteiger partial charge is 0.473 e. The fourth-order valence-electron chi connectivity index (χ4n) is 1.56. The van der Waals surface area contributed by atoms with Crippen molar-refractivity contribution in [3.63, 3.8) is 0 Å². The number of nitrogens with two attached hydrogens (primary N) is 1. The van der Waals surface area contributed by atoms with Crippen LogP contribution in [0.25, 0.3) is 0 Å². The minimum atomic E-state index is -0.334. The van der Waals surface area contributed by atoms with Gasteiger partial charge in [-0.1, -0.05) is 18.2 Å². The molecule has 6 heteroatoms. The van der Waals surface area contributed by atoms with E-state index >= 15 is 0 Å². The molecule has 5 nitrogen and oxygen atoms in total. The molecule has 1 aromatic carbocycles. The van der Waals surface area contributed by atoms with E-state index in [0.29, 0.717) is 5.56 Å². The molecule has 0 atom stereocenters. The van der Waals surface area contributed by atoms with Crippen LogP contribution in [0, 0.1) is 5.82 Å². The number of hydrogen-bond donors (Lipinski definition) is 1. The zero-order chi connectivity index (χ0) is 14.5. The summed E-state index contributed by atoms with van der Waals surface area (Å²) in [6, 6.07) is 6.36. The Morgan fingerprint density at radius 2 is 1.90 bits per heavy atom. The van der Waals surface area contributed by atoms with Gasteiger partial charge >= 0.3 is 0 Å². The lowest BCUT2D eigenvalue weighted by Crippen LogP contribution is -2.11. The average Bonchev–Trinajstić information content (AvgIpc) is 2.41. The third-order valence-corrected chi connectivity index (χ3v) is 2.48. The fraction of sp³-hybridized carbons (Fsp3) is 0.286. The Balaban J connectivity index is 2.12. The Bertz CT molecular complexity index is 590. The second-order valence-corrected chi connectivity index (χ2v) is 4.44. The summed E-state index contributed by atoms with van der Waals surface area (Å²) in [5.41, 5.74) is 6.50. The van der Waals surface area contributed by atoms with Gasteiger partial charge in [0, 0.05) is 5.56 Å². The van der Waals surface area contributed by atoms with Crippen LogP contribution in [-0.2, 0) is 6.61 Å². The number of nitrogen functional groups attached to an aromatic ring is 1. The molecule has 0 saturated heterocycles. The third kappa shape index (κ3) is 3.34. The van der Waals surface area contributed by atoms with E-state index in [2.05, 4.69) is 9.97 Å². The molecule has 106 valence electrons. The first-order chi connectivity index (χ1) is 9.58. The van der Waals surface area contributed by atoms with E-state index in [1.54, 1.807) is 18.2 Å². The predicted molar refractivity (Wildman–Crippen MR) is 72.9 cm³/mol. The minimum Gasteiger partial charge on any atom is -0.473 e. The van der Waals surface area contributed by atoms with Crippen LogP contribution < -0.4 is 15.2 Å². The van der Waals surface area contributed by atoms with E-state index in [-0.39, 0.29) is 36.0 Å². The number of anilines is 1. The molecule has 0 bridgehead atoms. The zero-order valence-electron chi connectivity index (χ0n) is 11.3. The maximum Gasteiger partial charge on any atom is 0.244 e. The molecule has 1 heterocycles. The molecule has 0 unspecified atom stereocenters. The first-order valence-corrected chi connectivity index (χ1v) is 6.21. The van der Waals surface area contributed by atoms with Gasteiger partial charge < -0.3 is 15.2 Å². The predicted octanol–water partition coefficient (Wildman–Crippen LogP) is 2.56. The SMILES string of the molecule is CC(C)Oc1ncnc(OCc2ccccc2F)c1N. The molecule has 0 aliphatic heterocycles. The normalized spacial score (nSPS) is 10.6. The molecule has 0 saturated carbocycles. The first kappa shape index (κ1) is 14.0. The zero-order valence-corrected chi connectivity index (χ0v) is 11.3. The van der Waals surface area contributed by atoms with Crippen molar-refractivity contribution < 1.29 is 13.9 Å². The molecule has 0 aliphatic rings. The lowest BCUT2D eigenvalue weighted by atomic mass is 10.2. The minimum absolute atomic E-state index is 0.0367. The van der Waals surface area contributed by atoms with E-state index in [1.807, 2.05) is 13.8 Å². The van der Waals surface area contributed by atoms with E-state index in [1.165, 1.54) is 12.4 Å². The quantitative estimate of drug-likeness (QED) is 0.909. The number of benzene rings is 1. The smallest absolute Gasteiger partial charge is 0.244 e. The standard InChI is InChI=1S/C14H16FN3O2/c1-9(2)20-14-12(16)13(17-8-18-14)19-7-10-5-3-4-6-11(10)15/h3-6,8-9H,7,16H2,1-2H3. The third-order valence-electron chi connectivity index (χ3n) is 2.48. The van der Waals surface area contributed by atoms with Gasteiger partial charge in [0.25, 0.3) is 0 Å². The molecule has 1 aromatic heterocycles. The van der Waals surface area contributed by atoms with Crippen molar-refractivity contribution in [3.05, 3.63) is 42.0 Å². The number of ether oxygens (including phenoxy) is 2. The van der Waals surface area contributed by atoms with Gasteiger partial charge in [0.1, 0.15) is 18.8 Å². The highest BCUT2D eigenvalue weighted by molar-refractivity contribution is 5.55. The summed E-state index contributed by atoms with van der Waals surface area (Å²) in [5, 5.41) is 0. The van der Waals surface area contributed by atoms with Gasteiger partial charge in [-0.2, -0.15) is 9.97 Å². The molecule has 2 N–H and O–H groups in total. The summed E-state index contributed by atoms with van der Waals surface area (Å²) in [6.07, 6.45) is 1.23. The molecule has 0 amide bonds. The molecule has 2 rings (SSSR count). The highest BCUT2D eigenvalue weighted by atomic mass is 19.1. The van der Waals surface area contributed by atoms with Crippen LogP contribution in [0.3, 0.4) is 0 Å². The van der Waals surface area contributed by atoms with Gasteiger partial charge in [-0.15, -0.1) is 0 Å². The molecule has 0 aliphatic carbocycles. The van der Waals surface area contributed by atoms with Gasteiger partial charge in [0.15, 0.2) is 5.69 Å². The number of halogens is 1. The van der Waals surface area contributed by atoms with E-state index in [0.717, 1.165) is 0 Å². The maximum atomic E-state index is 13.5. The average molecular weight is 277 g/mol. The number of nitrogens with zero attached hydrogens (tertiary/aromatic N) is 2. The van der Waals surface area contributed by atoms with Crippen LogP contribution in [0.2, 0.25) is 0 Å². The first-order valence-electron chi connectivity index (χ1n) is 6.21.